The lowest BCUT2D eigenvalue weighted by Gasteiger charge is -2.45. The molecular weight excluding hydrogens is 381 g/mol. The van der Waals surface area contributed by atoms with Crippen molar-refractivity contribution in [3.05, 3.63) is 34.6 Å². The van der Waals surface area contributed by atoms with Gasteiger partial charge in [-0.05, 0) is 98.1 Å². The summed E-state index contributed by atoms with van der Waals surface area (Å²) in [5.74, 6) is 0.511. The molecule has 4 rings (SSSR count). The first kappa shape index (κ1) is 22.2. The van der Waals surface area contributed by atoms with E-state index in [-0.39, 0.29) is 0 Å². The van der Waals surface area contributed by atoms with Crippen molar-refractivity contribution >= 4 is 0 Å². The third-order valence-corrected chi connectivity index (χ3v) is 8.75. The SMILES string of the molecule is CCCCCCCC1CCC2CC(C3CCc4cc(F)c(F)c(F)c4C3)CCC2C1. The molecule has 0 aromatic heterocycles. The Hall–Kier alpha value is -0.990. The van der Waals surface area contributed by atoms with Crippen molar-refractivity contribution in [3.8, 4) is 0 Å². The summed E-state index contributed by atoms with van der Waals surface area (Å²) >= 11 is 0. The van der Waals surface area contributed by atoms with Crippen LogP contribution in [0.15, 0.2) is 6.07 Å². The number of fused-ring (bicyclic) bond motifs is 2. The van der Waals surface area contributed by atoms with Gasteiger partial charge < -0.3 is 0 Å². The van der Waals surface area contributed by atoms with Crippen LogP contribution in [0.5, 0.6) is 0 Å². The Morgan fingerprint density at radius 1 is 0.767 bits per heavy atom. The molecule has 5 unspecified atom stereocenters. The standard InChI is InChI=1S/C27H39F3/c1-2-3-4-5-6-7-18-8-9-20-15-21(11-10-19(20)14-18)22-12-13-23-17-25(28)27(30)26(29)24(23)16-22/h17-22H,2-16H2,1H3. The largest absolute Gasteiger partial charge is 0.204 e. The molecule has 3 aliphatic rings. The van der Waals surface area contributed by atoms with Crippen molar-refractivity contribution in [2.45, 2.75) is 103 Å². The molecule has 0 nitrogen and oxygen atoms in total. The van der Waals surface area contributed by atoms with Gasteiger partial charge in [-0.15, -0.1) is 0 Å². The fraction of sp³-hybridized carbons (Fsp3) is 0.778. The van der Waals surface area contributed by atoms with Gasteiger partial charge in [0.2, 0.25) is 0 Å². The van der Waals surface area contributed by atoms with Gasteiger partial charge in [-0.25, -0.2) is 13.2 Å². The van der Waals surface area contributed by atoms with Gasteiger partial charge in [-0.3, -0.25) is 0 Å². The number of benzene rings is 1. The zero-order valence-electron chi connectivity index (χ0n) is 18.7. The zero-order chi connectivity index (χ0) is 21.1. The monoisotopic (exact) mass is 420 g/mol. The molecule has 168 valence electrons. The first-order valence-corrected chi connectivity index (χ1v) is 12.7. The molecule has 2 saturated carbocycles. The molecule has 0 N–H and O–H groups in total. The molecular formula is C27H39F3. The number of halogens is 3. The first-order valence-electron chi connectivity index (χ1n) is 12.7. The van der Waals surface area contributed by atoms with E-state index < -0.39 is 17.5 Å². The molecule has 1 aromatic carbocycles. The third-order valence-electron chi connectivity index (χ3n) is 8.75. The summed E-state index contributed by atoms with van der Waals surface area (Å²) in [6.07, 6.45) is 18.7. The highest BCUT2D eigenvalue weighted by atomic mass is 19.2. The number of hydrogen-bond acceptors (Lipinski definition) is 0. The van der Waals surface area contributed by atoms with Crippen LogP contribution in [0, 0.1) is 47.0 Å². The Kier molecular flexibility index (Phi) is 7.47. The average molecular weight is 421 g/mol. The lowest BCUT2D eigenvalue weighted by molar-refractivity contribution is 0.0686. The molecule has 0 bridgehead atoms. The quantitative estimate of drug-likeness (QED) is 0.307. The van der Waals surface area contributed by atoms with E-state index in [9.17, 15) is 13.2 Å². The summed E-state index contributed by atoms with van der Waals surface area (Å²) in [6.45, 7) is 2.28. The second-order valence-electron chi connectivity index (χ2n) is 10.6. The average Bonchev–Trinajstić information content (AvgIpc) is 2.77. The summed E-state index contributed by atoms with van der Waals surface area (Å²) in [6, 6.07) is 1.23. The summed E-state index contributed by atoms with van der Waals surface area (Å²) < 4.78 is 41.7. The molecule has 30 heavy (non-hydrogen) atoms. The van der Waals surface area contributed by atoms with Crippen LogP contribution in [-0.4, -0.2) is 0 Å². The fourth-order valence-electron chi connectivity index (χ4n) is 6.98. The second kappa shape index (κ2) is 10.1. The molecule has 1 aromatic rings. The summed E-state index contributed by atoms with van der Waals surface area (Å²) in [4.78, 5) is 0. The van der Waals surface area contributed by atoms with Crippen molar-refractivity contribution in [3.63, 3.8) is 0 Å². The summed E-state index contributed by atoms with van der Waals surface area (Å²) in [5.41, 5.74) is 1.15. The predicted molar refractivity (Wildman–Crippen MR) is 117 cm³/mol. The van der Waals surface area contributed by atoms with E-state index in [0.29, 0.717) is 35.8 Å². The minimum atomic E-state index is -1.29. The van der Waals surface area contributed by atoms with Crippen LogP contribution in [0.1, 0.15) is 102 Å². The first-order chi connectivity index (χ1) is 14.6. The zero-order valence-corrected chi connectivity index (χ0v) is 18.7. The highest BCUT2D eigenvalue weighted by molar-refractivity contribution is 5.33. The van der Waals surface area contributed by atoms with E-state index >= 15 is 0 Å². The van der Waals surface area contributed by atoms with Crippen molar-refractivity contribution in [1.82, 2.24) is 0 Å². The lowest BCUT2D eigenvalue weighted by Crippen LogP contribution is -2.35. The minimum Gasteiger partial charge on any atom is -0.204 e. The van der Waals surface area contributed by atoms with Gasteiger partial charge in [0, 0.05) is 0 Å². The molecule has 3 heteroatoms. The molecule has 3 aliphatic carbocycles. The maximum Gasteiger partial charge on any atom is 0.194 e. The van der Waals surface area contributed by atoms with Gasteiger partial charge in [0.25, 0.3) is 0 Å². The topological polar surface area (TPSA) is 0 Å². The van der Waals surface area contributed by atoms with Crippen LogP contribution >= 0.6 is 0 Å². The van der Waals surface area contributed by atoms with Gasteiger partial charge in [-0.1, -0.05) is 51.9 Å². The van der Waals surface area contributed by atoms with E-state index in [4.69, 9.17) is 0 Å². The Bertz CT molecular complexity index is 713. The minimum absolute atomic E-state index is 0.439. The van der Waals surface area contributed by atoms with Crippen LogP contribution in [-0.2, 0) is 12.8 Å². The number of hydrogen-bond donors (Lipinski definition) is 0. The fourth-order valence-corrected chi connectivity index (χ4v) is 6.98. The van der Waals surface area contributed by atoms with Crippen LogP contribution < -0.4 is 0 Å². The normalized spacial score (nSPS) is 31.3. The van der Waals surface area contributed by atoms with E-state index in [1.54, 1.807) is 0 Å². The highest BCUT2D eigenvalue weighted by Gasteiger charge is 2.39. The van der Waals surface area contributed by atoms with Crippen molar-refractivity contribution in [2.24, 2.45) is 29.6 Å². The smallest absolute Gasteiger partial charge is 0.194 e. The number of unbranched alkanes of at least 4 members (excludes halogenated alkanes) is 4. The van der Waals surface area contributed by atoms with Crippen LogP contribution in [0.4, 0.5) is 13.2 Å². The molecule has 0 heterocycles. The van der Waals surface area contributed by atoms with E-state index in [2.05, 4.69) is 6.92 Å². The van der Waals surface area contributed by atoms with E-state index in [1.807, 2.05) is 0 Å². The highest BCUT2D eigenvalue weighted by Crippen LogP contribution is 2.49. The number of rotatable bonds is 7. The molecule has 0 spiro atoms. The molecule has 0 amide bonds. The van der Waals surface area contributed by atoms with Gasteiger partial charge in [0.15, 0.2) is 17.5 Å². The molecule has 5 atom stereocenters. The van der Waals surface area contributed by atoms with Gasteiger partial charge in [0.1, 0.15) is 0 Å². The summed E-state index contributed by atoms with van der Waals surface area (Å²) in [5, 5.41) is 0. The molecule has 0 saturated heterocycles. The van der Waals surface area contributed by atoms with Crippen LogP contribution in [0.25, 0.3) is 0 Å². The van der Waals surface area contributed by atoms with E-state index in [1.165, 1.54) is 83.1 Å². The summed E-state index contributed by atoms with van der Waals surface area (Å²) in [7, 11) is 0. The second-order valence-corrected chi connectivity index (χ2v) is 10.6. The maximum absolute atomic E-state index is 14.4. The van der Waals surface area contributed by atoms with Gasteiger partial charge in [0.05, 0.1) is 0 Å². The molecule has 2 fully saturated rings. The van der Waals surface area contributed by atoms with Crippen molar-refractivity contribution in [2.75, 3.05) is 0 Å². The Morgan fingerprint density at radius 3 is 2.27 bits per heavy atom. The maximum atomic E-state index is 14.4. The predicted octanol–water partition coefficient (Wildman–Crippen LogP) is 8.40. The van der Waals surface area contributed by atoms with Crippen LogP contribution in [0.3, 0.4) is 0 Å². The van der Waals surface area contributed by atoms with Crippen LogP contribution in [0.2, 0.25) is 0 Å². The van der Waals surface area contributed by atoms with Gasteiger partial charge in [-0.2, -0.15) is 0 Å². The van der Waals surface area contributed by atoms with Gasteiger partial charge >= 0.3 is 0 Å². The van der Waals surface area contributed by atoms with Crippen molar-refractivity contribution < 1.29 is 13.2 Å². The lowest BCUT2D eigenvalue weighted by atomic mass is 9.61. The van der Waals surface area contributed by atoms with E-state index in [0.717, 1.165) is 24.2 Å². The Balaban J connectivity index is 1.28. The Labute approximate surface area is 181 Å². The third kappa shape index (κ3) is 4.91. The van der Waals surface area contributed by atoms with Crippen molar-refractivity contribution in [1.29, 1.82) is 0 Å². The Morgan fingerprint density at radius 2 is 1.47 bits per heavy atom. The molecule has 0 aliphatic heterocycles. The number of aryl methyl sites for hydroxylation is 1. The molecule has 0 radical (unpaired) electrons.